The van der Waals surface area contributed by atoms with Gasteiger partial charge in [0.1, 0.15) is 10.5 Å². The van der Waals surface area contributed by atoms with Crippen LogP contribution in [0.3, 0.4) is 0 Å². The number of carbonyl (C=O) groups is 1. The van der Waals surface area contributed by atoms with Gasteiger partial charge in [0.2, 0.25) is 10.0 Å². The molecule has 0 aliphatic carbocycles. The Balaban J connectivity index is 2.21. The number of aliphatic hydroxyl groups is 1. The second kappa shape index (κ2) is 8.74. The molecule has 10 nitrogen and oxygen atoms in total. The van der Waals surface area contributed by atoms with E-state index in [1.54, 1.807) is 0 Å². The predicted molar refractivity (Wildman–Crippen MR) is 98.0 cm³/mol. The summed E-state index contributed by atoms with van der Waals surface area (Å²) in [4.78, 5) is 25.6. The van der Waals surface area contributed by atoms with Gasteiger partial charge >= 0.3 is 0 Å². The first kappa shape index (κ1) is 21.2. The summed E-state index contributed by atoms with van der Waals surface area (Å²) in [6.45, 7) is 1.88. The smallest absolute Gasteiger partial charge is 0.283 e. The minimum atomic E-state index is -4.12. The highest BCUT2D eigenvalue weighted by Gasteiger charge is 2.31. The van der Waals surface area contributed by atoms with Crippen molar-refractivity contribution in [2.45, 2.75) is 23.8 Å². The number of aliphatic hydroxyl groups excluding tert-OH is 1. The van der Waals surface area contributed by atoms with E-state index in [4.69, 9.17) is 0 Å². The van der Waals surface area contributed by atoms with Gasteiger partial charge < -0.3 is 14.9 Å². The van der Waals surface area contributed by atoms with Gasteiger partial charge in [-0.05, 0) is 18.9 Å². The van der Waals surface area contributed by atoms with E-state index in [0.29, 0.717) is 32.5 Å². The Morgan fingerprint density at radius 1 is 1.37 bits per heavy atom. The monoisotopic (exact) mass is 400 g/mol. The number of sulfonamides is 1. The maximum absolute atomic E-state index is 12.7. The van der Waals surface area contributed by atoms with Crippen LogP contribution in [-0.2, 0) is 10.0 Å². The van der Waals surface area contributed by atoms with Crippen LogP contribution < -0.4 is 4.72 Å². The van der Waals surface area contributed by atoms with Crippen LogP contribution >= 0.6 is 0 Å². The highest BCUT2D eigenvalue weighted by atomic mass is 32.2. The van der Waals surface area contributed by atoms with Crippen LogP contribution in [0, 0.1) is 10.1 Å². The largest absolute Gasteiger partial charge is 0.393 e. The lowest BCUT2D eigenvalue weighted by Crippen LogP contribution is -2.41. The Hall–Kier alpha value is -2.08. The number of carbonyl (C=O) groups excluding carboxylic acids is 1. The molecule has 27 heavy (non-hydrogen) atoms. The highest BCUT2D eigenvalue weighted by Crippen LogP contribution is 2.27. The van der Waals surface area contributed by atoms with Gasteiger partial charge in [0.05, 0.1) is 11.0 Å². The molecule has 0 atom stereocenters. The van der Waals surface area contributed by atoms with E-state index in [0.717, 1.165) is 11.0 Å². The summed E-state index contributed by atoms with van der Waals surface area (Å²) in [5, 5.41) is 20.8. The van der Waals surface area contributed by atoms with Gasteiger partial charge in [-0.25, -0.2) is 13.1 Å². The van der Waals surface area contributed by atoms with Gasteiger partial charge in [0.25, 0.3) is 11.6 Å². The lowest BCUT2D eigenvalue weighted by Gasteiger charge is -2.29. The molecule has 0 spiro atoms. The van der Waals surface area contributed by atoms with Crippen molar-refractivity contribution in [2.75, 3.05) is 40.3 Å². The second-order valence-electron chi connectivity index (χ2n) is 6.58. The molecule has 0 radical (unpaired) electrons. The molecule has 1 aliphatic heterocycles. The van der Waals surface area contributed by atoms with E-state index in [1.807, 2.05) is 4.90 Å². The lowest BCUT2D eigenvalue weighted by molar-refractivity contribution is -0.385. The molecule has 1 heterocycles. The Morgan fingerprint density at radius 2 is 2.00 bits per heavy atom. The number of hydrogen-bond acceptors (Lipinski definition) is 7. The second-order valence-corrected chi connectivity index (χ2v) is 8.31. The van der Waals surface area contributed by atoms with Crippen molar-refractivity contribution >= 4 is 21.6 Å². The number of nitrogens with zero attached hydrogens (tertiary/aromatic N) is 3. The molecule has 0 aromatic heterocycles. The molecular weight excluding hydrogens is 376 g/mol. The number of piperidine rings is 1. The fraction of sp³-hybridized carbons (Fsp3) is 0.562. The maximum Gasteiger partial charge on any atom is 0.283 e. The molecule has 1 aromatic rings. The van der Waals surface area contributed by atoms with E-state index >= 15 is 0 Å². The van der Waals surface area contributed by atoms with Crippen molar-refractivity contribution in [3.63, 3.8) is 0 Å². The van der Waals surface area contributed by atoms with Gasteiger partial charge in [-0.15, -0.1) is 0 Å². The van der Waals surface area contributed by atoms with Crippen LogP contribution in [0.1, 0.15) is 23.2 Å². The third kappa shape index (κ3) is 5.22. The van der Waals surface area contributed by atoms with Crippen LogP contribution in [-0.4, -0.2) is 80.5 Å². The first-order valence-electron chi connectivity index (χ1n) is 8.52. The zero-order valence-electron chi connectivity index (χ0n) is 15.3. The summed E-state index contributed by atoms with van der Waals surface area (Å²) < 4.78 is 27.8. The molecule has 1 aliphatic rings. The van der Waals surface area contributed by atoms with Crippen LogP contribution in [0.4, 0.5) is 5.69 Å². The number of nitro benzene ring substituents is 1. The number of nitro groups is 1. The van der Waals surface area contributed by atoms with Crippen molar-refractivity contribution in [3.8, 4) is 0 Å². The lowest BCUT2D eigenvalue weighted by atomic mass is 10.1. The molecule has 2 rings (SSSR count). The first-order chi connectivity index (χ1) is 12.6. The van der Waals surface area contributed by atoms with Crippen LogP contribution in [0.25, 0.3) is 0 Å². The summed E-state index contributed by atoms with van der Waals surface area (Å²) in [5.41, 5.74) is -1.01. The quantitative estimate of drug-likeness (QED) is 0.487. The minimum Gasteiger partial charge on any atom is -0.393 e. The Kier molecular flexibility index (Phi) is 6.87. The topological polar surface area (TPSA) is 133 Å². The molecule has 150 valence electrons. The van der Waals surface area contributed by atoms with Gasteiger partial charge in [0, 0.05) is 46.3 Å². The number of amides is 1. The van der Waals surface area contributed by atoms with Crippen molar-refractivity contribution in [3.05, 3.63) is 33.9 Å². The normalized spacial score (nSPS) is 16.3. The fourth-order valence-electron chi connectivity index (χ4n) is 2.89. The number of likely N-dealkylation sites (tertiary alicyclic amines) is 1. The predicted octanol–water partition coefficient (Wildman–Crippen LogP) is 0.0316. The maximum atomic E-state index is 12.7. The molecular formula is C16H24N4O6S. The molecule has 0 saturated carbocycles. The molecule has 0 bridgehead atoms. The third-order valence-electron chi connectivity index (χ3n) is 4.39. The van der Waals surface area contributed by atoms with Crippen LogP contribution in [0.5, 0.6) is 0 Å². The summed E-state index contributed by atoms with van der Waals surface area (Å²) in [6, 6.07) is 3.53. The van der Waals surface area contributed by atoms with Crippen molar-refractivity contribution < 1.29 is 23.2 Å². The SMILES string of the molecule is CN(C)C(=O)c1c([N+](=O)[O-])cccc1S(=O)(=O)NCCN1CCC(O)CC1. The van der Waals surface area contributed by atoms with Crippen LogP contribution in [0.15, 0.2) is 23.1 Å². The minimum absolute atomic E-state index is 0.0940. The van der Waals surface area contributed by atoms with Crippen molar-refractivity contribution in [1.29, 1.82) is 0 Å². The van der Waals surface area contributed by atoms with Crippen LogP contribution in [0.2, 0.25) is 0 Å². The number of hydrogen-bond donors (Lipinski definition) is 2. The molecule has 1 fully saturated rings. The molecule has 11 heteroatoms. The van der Waals surface area contributed by atoms with E-state index in [1.165, 1.54) is 26.2 Å². The van der Waals surface area contributed by atoms with E-state index in [-0.39, 0.29) is 12.6 Å². The Morgan fingerprint density at radius 3 is 2.56 bits per heavy atom. The average molecular weight is 400 g/mol. The summed E-state index contributed by atoms with van der Waals surface area (Å²) in [7, 11) is -1.32. The molecule has 1 amide bonds. The highest BCUT2D eigenvalue weighted by molar-refractivity contribution is 7.89. The molecule has 1 aromatic carbocycles. The fourth-order valence-corrected chi connectivity index (χ4v) is 4.13. The number of benzene rings is 1. The molecule has 2 N–H and O–H groups in total. The summed E-state index contributed by atoms with van der Waals surface area (Å²) in [5.74, 6) is -0.757. The Bertz CT molecular complexity index is 803. The van der Waals surface area contributed by atoms with Gasteiger partial charge in [0.15, 0.2) is 0 Å². The average Bonchev–Trinajstić information content (AvgIpc) is 2.61. The van der Waals surface area contributed by atoms with Crippen molar-refractivity contribution in [1.82, 2.24) is 14.5 Å². The van der Waals surface area contributed by atoms with Gasteiger partial charge in [-0.2, -0.15) is 0 Å². The number of nitrogens with one attached hydrogen (secondary N) is 1. The van der Waals surface area contributed by atoms with Gasteiger partial charge in [-0.3, -0.25) is 14.9 Å². The standard InChI is InChI=1S/C16H24N4O6S/c1-18(2)16(22)15-13(20(23)24)4-3-5-14(15)27(25,26)17-8-11-19-9-6-12(21)7-10-19/h3-5,12,17,21H,6-11H2,1-2H3. The van der Waals surface area contributed by atoms with E-state index in [2.05, 4.69) is 4.72 Å². The van der Waals surface area contributed by atoms with E-state index in [9.17, 15) is 28.4 Å². The summed E-state index contributed by atoms with van der Waals surface area (Å²) in [6.07, 6.45) is 0.959. The Labute approximate surface area is 158 Å². The van der Waals surface area contributed by atoms with E-state index < -0.39 is 37.0 Å². The zero-order chi connectivity index (χ0) is 20.2. The van der Waals surface area contributed by atoms with Gasteiger partial charge in [-0.1, -0.05) is 6.07 Å². The molecule has 1 saturated heterocycles. The van der Waals surface area contributed by atoms with Crippen molar-refractivity contribution in [2.24, 2.45) is 0 Å². The first-order valence-corrected chi connectivity index (χ1v) is 10.0. The zero-order valence-corrected chi connectivity index (χ0v) is 16.1. The third-order valence-corrected chi connectivity index (χ3v) is 5.89. The summed E-state index contributed by atoms with van der Waals surface area (Å²) >= 11 is 0. The molecule has 0 unspecified atom stereocenters. The number of rotatable bonds is 7.